The van der Waals surface area contributed by atoms with Crippen LogP contribution in [0.3, 0.4) is 0 Å². The zero-order chi connectivity index (χ0) is 10.6. The molecule has 0 saturated heterocycles. The van der Waals surface area contributed by atoms with E-state index in [1.165, 1.54) is 18.5 Å². The largest absolute Gasteiger partial charge is 0.463 e. The van der Waals surface area contributed by atoms with Crippen molar-refractivity contribution in [3.8, 4) is 0 Å². The first-order chi connectivity index (χ1) is 6.81. The maximum absolute atomic E-state index is 10.6. The van der Waals surface area contributed by atoms with Gasteiger partial charge in [0.15, 0.2) is 0 Å². The Labute approximate surface area is 88.3 Å². The van der Waals surface area contributed by atoms with Crippen LogP contribution in [0, 0.1) is 0 Å². The number of unbranched alkanes of at least 4 members (excludes halogenated alkanes) is 2. The maximum atomic E-state index is 10.6. The van der Waals surface area contributed by atoms with E-state index in [4.69, 9.17) is 9.47 Å². The molecule has 0 N–H and O–H groups in total. The van der Waals surface area contributed by atoms with Crippen LogP contribution < -0.4 is 0 Å². The van der Waals surface area contributed by atoms with Gasteiger partial charge < -0.3 is 9.47 Å². The summed E-state index contributed by atoms with van der Waals surface area (Å²) in [5, 5.41) is 0. The first kappa shape index (κ1) is 13.4. The topological polar surface area (TPSA) is 35.5 Å². The van der Waals surface area contributed by atoms with Gasteiger partial charge in [-0.1, -0.05) is 25.5 Å². The van der Waals surface area contributed by atoms with Gasteiger partial charge in [-0.3, -0.25) is 0 Å². The number of carbonyl (C=O) groups excluding carboxylic acids is 1. The monoisotopic (exact) mass is 216 g/mol. The molecule has 0 aliphatic rings. The predicted molar refractivity (Wildman–Crippen MR) is 60.2 cm³/mol. The molecule has 0 atom stereocenters. The standard InChI is InChI=1S/C10H20O3Si/c1-3-10(11)13-7-5-4-6-8-14-9-12-2/h3H,1,4-9,14H2,2H3. The van der Waals surface area contributed by atoms with Crippen LogP contribution >= 0.6 is 0 Å². The van der Waals surface area contributed by atoms with E-state index in [1.54, 1.807) is 7.11 Å². The number of methoxy groups -OCH3 is 1. The van der Waals surface area contributed by atoms with Crippen LogP contribution in [0.25, 0.3) is 0 Å². The SMILES string of the molecule is C=CC(=O)OCCCCC[SiH2]COC. The van der Waals surface area contributed by atoms with Crippen LogP contribution in [0.1, 0.15) is 19.3 Å². The summed E-state index contributed by atoms with van der Waals surface area (Å²) in [4.78, 5) is 10.6. The summed E-state index contributed by atoms with van der Waals surface area (Å²) in [5.41, 5.74) is 0. The van der Waals surface area contributed by atoms with Crippen LogP contribution in [0.2, 0.25) is 6.04 Å². The van der Waals surface area contributed by atoms with Crippen LogP contribution in [0.5, 0.6) is 0 Å². The molecule has 82 valence electrons. The average molecular weight is 216 g/mol. The lowest BCUT2D eigenvalue weighted by Gasteiger charge is -2.01. The Balaban J connectivity index is 2.99. The van der Waals surface area contributed by atoms with Gasteiger partial charge in [-0.15, -0.1) is 0 Å². The Bertz CT molecular complexity index is 159. The molecule has 0 heterocycles. The lowest BCUT2D eigenvalue weighted by Crippen LogP contribution is -2.02. The fourth-order valence-corrected chi connectivity index (χ4v) is 2.31. The second-order valence-corrected chi connectivity index (χ2v) is 4.95. The van der Waals surface area contributed by atoms with Gasteiger partial charge >= 0.3 is 5.97 Å². The Morgan fingerprint density at radius 2 is 2.21 bits per heavy atom. The summed E-state index contributed by atoms with van der Waals surface area (Å²) in [6, 6.07) is 1.32. The summed E-state index contributed by atoms with van der Waals surface area (Å²) >= 11 is 0. The van der Waals surface area contributed by atoms with E-state index in [1.807, 2.05) is 0 Å². The van der Waals surface area contributed by atoms with Crippen molar-refractivity contribution in [2.75, 3.05) is 19.9 Å². The fourth-order valence-electron chi connectivity index (χ4n) is 1.11. The molecular formula is C10H20O3Si. The molecule has 0 aromatic carbocycles. The van der Waals surface area contributed by atoms with E-state index in [-0.39, 0.29) is 15.5 Å². The first-order valence-electron chi connectivity index (χ1n) is 5.09. The lowest BCUT2D eigenvalue weighted by molar-refractivity contribution is -0.137. The van der Waals surface area contributed by atoms with Crippen molar-refractivity contribution in [1.82, 2.24) is 0 Å². The molecule has 0 radical (unpaired) electrons. The Kier molecular flexibility index (Phi) is 10.0. The zero-order valence-electron chi connectivity index (χ0n) is 8.96. The van der Waals surface area contributed by atoms with E-state index < -0.39 is 0 Å². The second kappa shape index (κ2) is 10.5. The van der Waals surface area contributed by atoms with Gasteiger partial charge in [-0.2, -0.15) is 0 Å². The molecule has 0 rings (SSSR count). The Hall–Kier alpha value is -0.613. The Morgan fingerprint density at radius 1 is 1.43 bits per heavy atom. The van der Waals surface area contributed by atoms with Crippen LogP contribution in [0.4, 0.5) is 0 Å². The third kappa shape index (κ3) is 9.47. The highest BCUT2D eigenvalue weighted by Crippen LogP contribution is 2.00. The quantitative estimate of drug-likeness (QED) is 0.250. The molecule has 0 spiro atoms. The number of ether oxygens (including phenoxy) is 2. The summed E-state index contributed by atoms with van der Waals surface area (Å²) in [6.45, 7) is 3.85. The van der Waals surface area contributed by atoms with E-state index >= 15 is 0 Å². The molecule has 0 saturated carbocycles. The fraction of sp³-hybridized carbons (Fsp3) is 0.700. The normalized spacial score (nSPS) is 10.6. The number of hydrogen-bond acceptors (Lipinski definition) is 3. The minimum Gasteiger partial charge on any atom is -0.463 e. The summed E-state index contributed by atoms with van der Waals surface area (Å²) in [7, 11) is 1.76. The minimum absolute atomic E-state index is 0.0109. The van der Waals surface area contributed by atoms with Crippen molar-refractivity contribution < 1.29 is 14.3 Å². The molecule has 3 nitrogen and oxygen atoms in total. The summed E-state index contributed by atoms with van der Waals surface area (Å²) in [5.74, 6) is -0.321. The second-order valence-electron chi connectivity index (χ2n) is 3.13. The van der Waals surface area contributed by atoms with Gasteiger partial charge in [-0.05, 0) is 6.42 Å². The molecular weight excluding hydrogens is 196 g/mol. The number of esters is 1. The maximum Gasteiger partial charge on any atom is 0.330 e. The van der Waals surface area contributed by atoms with Crippen LogP contribution in [-0.4, -0.2) is 35.4 Å². The smallest absolute Gasteiger partial charge is 0.330 e. The van der Waals surface area contributed by atoms with E-state index in [9.17, 15) is 4.79 Å². The van der Waals surface area contributed by atoms with Crippen molar-refractivity contribution in [3.05, 3.63) is 12.7 Å². The molecule has 0 amide bonds. The van der Waals surface area contributed by atoms with Gasteiger partial charge in [0.2, 0.25) is 0 Å². The highest BCUT2D eigenvalue weighted by molar-refractivity contribution is 6.35. The average Bonchev–Trinajstić information content (AvgIpc) is 2.21. The predicted octanol–water partition coefficient (Wildman–Crippen LogP) is 1.08. The van der Waals surface area contributed by atoms with Gasteiger partial charge in [0, 0.05) is 19.4 Å². The molecule has 0 aromatic heterocycles. The number of rotatable bonds is 9. The third-order valence-electron chi connectivity index (χ3n) is 1.90. The van der Waals surface area contributed by atoms with Crippen molar-refractivity contribution >= 4 is 15.5 Å². The third-order valence-corrected chi connectivity index (χ3v) is 3.60. The highest BCUT2D eigenvalue weighted by Gasteiger charge is 1.95. The van der Waals surface area contributed by atoms with E-state index in [2.05, 4.69) is 6.58 Å². The lowest BCUT2D eigenvalue weighted by atomic mass is 10.3. The Morgan fingerprint density at radius 3 is 2.86 bits per heavy atom. The van der Waals surface area contributed by atoms with Crippen molar-refractivity contribution in [1.29, 1.82) is 0 Å². The summed E-state index contributed by atoms with van der Waals surface area (Å²) in [6.07, 6.45) is 5.51. The van der Waals surface area contributed by atoms with Crippen LogP contribution in [-0.2, 0) is 14.3 Å². The van der Waals surface area contributed by atoms with Gasteiger partial charge in [0.05, 0.1) is 16.1 Å². The van der Waals surface area contributed by atoms with Gasteiger partial charge in [0.25, 0.3) is 0 Å². The molecule has 0 aromatic rings. The number of hydrogen-bond donors (Lipinski definition) is 0. The minimum atomic E-state index is -0.321. The summed E-state index contributed by atoms with van der Waals surface area (Å²) < 4.78 is 9.85. The van der Waals surface area contributed by atoms with Crippen molar-refractivity contribution in [2.24, 2.45) is 0 Å². The van der Waals surface area contributed by atoms with E-state index in [0.717, 1.165) is 19.1 Å². The number of carbonyl (C=O) groups is 1. The molecule has 14 heavy (non-hydrogen) atoms. The van der Waals surface area contributed by atoms with Crippen molar-refractivity contribution in [3.63, 3.8) is 0 Å². The van der Waals surface area contributed by atoms with Crippen LogP contribution in [0.15, 0.2) is 12.7 Å². The molecule has 0 unspecified atom stereocenters. The highest BCUT2D eigenvalue weighted by atomic mass is 28.2. The van der Waals surface area contributed by atoms with Crippen molar-refractivity contribution in [2.45, 2.75) is 25.3 Å². The van der Waals surface area contributed by atoms with Gasteiger partial charge in [-0.25, -0.2) is 4.79 Å². The molecule has 0 aliphatic carbocycles. The molecule has 4 heteroatoms. The van der Waals surface area contributed by atoms with E-state index in [0.29, 0.717) is 6.61 Å². The zero-order valence-corrected chi connectivity index (χ0v) is 10.4. The molecule has 0 fully saturated rings. The first-order valence-corrected chi connectivity index (χ1v) is 7.09. The molecule has 0 aliphatic heterocycles. The van der Waals surface area contributed by atoms with Gasteiger partial charge in [0.1, 0.15) is 0 Å². The molecule has 0 bridgehead atoms.